The second kappa shape index (κ2) is 7.10. The monoisotopic (exact) mass is 273 g/mol. The summed E-state index contributed by atoms with van der Waals surface area (Å²) in [5.41, 5.74) is 1.27. The molecule has 0 spiro atoms. The Bertz CT molecular complexity index is 517. The zero-order valence-corrected chi connectivity index (χ0v) is 12.5. The van der Waals surface area contributed by atoms with Gasteiger partial charge in [-0.05, 0) is 17.7 Å². The predicted octanol–water partition coefficient (Wildman–Crippen LogP) is 2.54. The van der Waals surface area contributed by atoms with Gasteiger partial charge in [-0.25, -0.2) is 4.98 Å². The van der Waals surface area contributed by atoms with Crippen LogP contribution in [0.3, 0.4) is 0 Å². The number of hydrogen-bond acceptors (Lipinski definition) is 3. The van der Waals surface area contributed by atoms with E-state index in [1.807, 2.05) is 36.1 Å². The molecular weight excluding hydrogens is 250 g/mol. The summed E-state index contributed by atoms with van der Waals surface area (Å²) >= 11 is 0. The average molecular weight is 273 g/mol. The van der Waals surface area contributed by atoms with E-state index < -0.39 is 0 Å². The van der Waals surface area contributed by atoms with E-state index in [9.17, 15) is 0 Å². The average Bonchev–Trinajstić information content (AvgIpc) is 2.83. The second-order valence-electron chi connectivity index (χ2n) is 5.23. The molecule has 4 nitrogen and oxygen atoms in total. The maximum atomic E-state index is 5.74. The molecule has 0 aliphatic rings. The first-order chi connectivity index (χ1) is 9.65. The van der Waals surface area contributed by atoms with Crippen LogP contribution in [0, 0.1) is 0 Å². The fraction of sp³-hybridized carbons (Fsp3) is 0.438. The smallest absolute Gasteiger partial charge is 0.119 e. The Morgan fingerprint density at radius 1 is 1.25 bits per heavy atom. The zero-order chi connectivity index (χ0) is 14.4. The molecule has 0 saturated carbocycles. The van der Waals surface area contributed by atoms with Gasteiger partial charge < -0.3 is 14.6 Å². The molecule has 1 heterocycles. The molecule has 2 rings (SSSR count). The normalized spacial score (nSPS) is 11.0. The molecule has 0 fully saturated rings. The molecule has 0 bridgehead atoms. The van der Waals surface area contributed by atoms with Gasteiger partial charge in [0.25, 0.3) is 0 Å². The lowest BCUT2D eigenvalue weighted by molar-refractivity contribution is 0.317. The number of ether oxygens (including phenoxy) is 1. The molecule has 1 aromatic carbocycles. The van der Waals surface area contributed by atoms with Crippen molar-refractivity contribution in [2.75, 3.05) is 6.61 Å². The van der Waals surface area contributed by atoms with E-state index in [1.54, 1.807) is 0 Å². The van der Waals surface area contributed by atoms with E-state index in [0.29, 0.717) is 12.6 Å². The van der Waals surface area contributed by atoms with Crippen molar-refractivity contribution >= 4 is 0 Å². The second-order valence-corrected chi connectivity index (χ2v) is 5.23. The highest BCUT2D eigenvalue weighted by atomic mass is 16.5. The number of aromatic nitrogens is 2. The molecule has 0 saturated heterocycles. The van der Waals surface area contributed by atoms with Crippen LogP contribution in [0.15, 0.2) is 36.7 Å². The van der Waals surface area contributed by atoms with Crippen LogP contribution in [0.1, 0.15) is 25.2 Å². The first-order valence-electron chi connectivity index (χ1n) is 7.06. The third-order valence-electron chi connectivity index (χ3n) is 3.15. The fourth-order valence-corrected chi connectivity index (χ4v) is 1.92. The lowest BCUT2D eigenvalue weighted by Gasteiger charge is -2.09. The Balaban J connectivity index is 1.77. The minimum Gasteiger partial charge on any atom is -0.493 e. The SMILES string of the molecule is CC(C)NCc1ccc(OCCc2nccn2C)cc1. The van der Waals surface area contributed by atoms with Gasteiger partial charge in [-0.2, -0.15) is 0 Å². The van der Waals surface area contributed by atoms with E-state index >= 15 is 0 Å². The van der Waals surface area contributed by atoms with Crippen molar-refractivity contribution in [2.24, 2.45) is 7.05 Å². The van der Waals surface area contributed by atoms with Crippen molar-refractivity contribution in [3.63, 3.8) is 0 Å². The van der Waals surface area contributed by atoms with Crippen molar-refractivity contribution in [2.45, 2.75) is 32.9 Å². The molecule has 0 atom stereocenters. The number of imidazole rings is 1. The molecule has 0 amide bonds. The van der Waals surface area contributed by atoms with E-state index in [-0.39, 0.29) is 0 Å². The first kappa shape index (κ1) is 14.6. The van der Waals surface area contributed by atoms with Gasteiger partial charge in [-0.15, -0.1) is 0 Å². The number of rotatable bonds is 7. The van der Waals surface area contributed by atoms with Crippen molar-refractivity contribution in [3.05, 3.63) is 48.0 Å². The van der Waals surface area contributed by atoms with Crippen LogP contribution in [0.4, 0.5) is 0 Å². The molecule has 108 valence electrons. The minimum atomic E-state index is 0.503. The molecule has 0 radical (unpaired) electrons. The number of aryl methyl sites for hydroxylation is 1. The van der Waals surface area contributed by atoms with E-state index in [0.717, 1.165) is 24.5 Å². The summed E-state index contributed by atoms with van der Waals surface area (Å²) in [6.07, 6.45) is 4.58. The first-order valence-corrected chi connectivity index (χ1v) is 7.06. The highest BCUT2D eigenvalue weighted by Crippen LogP contribution is 2.12. The summed E-state index contributed by atoms with van der Waals surface area (Å²) in [4.78, 5) is 4.28. The van der Waals surface area contributed by atoms with Crippen molar-refractivity contribution in [3.8, 4) is 5.75 Å². The van der Waals surface area contributed by atoms with Crippen LogP contribution >= 0.6 is 0 Å². The van der Waals surface area contributed by atoms with Gasteiger partial charge in [0.2, 0.25) is 0 Å². The summed E-state index contributed by atoms with van der Waals surface area (Å²) in [7, 11) is 2.00. The zero-order valence-electron chi connectivity index (χ0n) is 12.5. The summed E-state index contributed by atoms with van der Waals surface area (Å²) < 4.78 is 7.76. The number of nitrogens with zero attached hydrogens (tertiary/aromatic N) is 2. The highest BCUT2D eigenvalue weighted by molar-refractivity contribution is 5.27. The molecule has 0 unspecified atom stereocenters. The third-order valence-corrected chi connectivity index (χ3v) is 3.15. The van der Waals surface area contributed by atoms with E-state index in [2.05, 4.69) is 36.3 Å². The van der Waals surface area contributed by atoms with Crippen LogP contribution < -0.4 is 10.1 Å². The Kier molecular flexibility index (Phi) is 5.18. The van der Waals surface area contributed by atoms with Crippen LogP contribution in [-0.2, 0) is 20.0 Å². The molecule has 0 aliphatic carbocycles. The van der Waals surface area contributed by atoms with Crippen molar-refractivity contribution in [1.82, 2.24) is 14.9 Å². The minimum absolute atomic E-state index is 0.503. The van der Waals surface area contributed by atoms with Crippen LogP contribution in [0.5, 0.6) is 5.75 Å². The lowest BCUT2D eigenvalue weighted by atomic mass is 10.2. The van der Waals surface area contributed by atoms with Gasteiger partial charge in [-0.3, -0.25) is 0 Å². The maximum absolute atomic E-state index is 5.74. The number of benzene rings is 1. The topological polar surface area (TPSA) is 39.1 Å². The molecular formula is C16H23N3O. The summed E-state index contributed by atoms with van der Waals surface area (Å²) in [6.45, 7) is 5.84. The largest absolute Gasteiger partial charge is 0.493 e. The van der Waals surface area contributed by atoms with Gasteiger partial charge >= 0.3 is 0 Å². The number of nitrogens with one attached hydrogen (secondary N) is 1. The lowest BCUT2D eigenvalue weighted by Crippen LogP contribution is -2.21. The van der Waals surface area contributed by atoms with E-state index in [1.165, 1.54) is 5.56 Å². The Morgan fingerprint density at radius 2 is 2.00 bits per heavy atom. The molecule has 0 aliphatic heterocycles. The van der Waals surface area contributed by atoms with Gasteiger partial charge in [0.1, 0.15) is 11.6 Å². The quantitative estimate of drug-likeness (QED) is 0.842. The summed E-state index contributed by atoms with van der Waals surface area (Å²) in [6, 6.07) is 8.76. The Hall–Kier alpha value is -1.81. The maximum Gasteiger partial charge on any atom is 0.119 e. The van der Waals surface area contributed by atoms with Crippen molar-refractivity contribution < 1.29 is 4.74 Å². The van der Waals surface area contributed by atoms with Crippen LogP contribution in [0.25, 0.3) is 0 Å². The molecule has 1 aromatic heterocycles. The molecule has 1 N–H and O–H groups in total. The summed E-state index contributed by atoms with van der Waals surface area (Å²) in [5.74, 6) is 1.95. The highest BCUT2D eigenvalue weighted by Gasteiger charge is 2.01. The fourth-order valence-electron chi connectivity index (χ4n) is 1.92. The Labute approximate surface area is 120 Å². The Morgan fingerprint density at radius 3 is 2.60 bits per heavy atom. The van der Waals surface area contributed by atoms with Gasteiger partial charge in [-0.1, -0.05) is 26.0 Å². The van der Waals surface area contributed by atoms with Gasteiger partial charge in [0, 0.05) is 38.4 Å². The molecule has 2 aromatic rings. The third kappa shape index (κ3) is 4.38. The molecule has 4 heteroatoms. The standard InChI is InChI=1S/C16H23N3O/c1-13(2)18-12-14-4-6-15(7-5-14)20-11-8-16-17-9-10-19(16)3/h4-7,9-10,13,18H,8,11-12H2,1-3H3. The predicted molar refractivity (Wildman–Crippen MR) is 80.8 cm³/mol. The van der Waals surface area contributed by atoms with Gasteiger partial charge in [0.05, 0.1) is 6.61 Å². The van der Waals surface area contributed by atoms with Crippen molar-refractivity contribution in [1.29, 1.82) is 0 Å². The number of hydrogen-bond donors (Lipinski definition) is 1. The van der Waals surface area contributed by atoms with Crippen LogP contribution in [-0.4, -0.2) is 22.2 Å². The molecule has 20 heavy (non-hydrogen) atoms. The van der Waals surface area contributed by atoms with Gasteiger partial charge in [0.15, 0.2) is 0 Å². The van der Waals surface area contributed by atoms with Crippen LogP contribution in [0.2, 0.25) is 0 Å². The van der Waals surface area contributed by atoms with E-state index in [4.69, 9.17) is 4.74 Å². The summed E-state index contributed by atoms with van der Waals surface area (Å²) in [5, 5.41) is 3.40.